The SMILES string of the molecule is COc1ccc(Cl)cc1Nc1ncncc1N. The Kier molecular flexibility index (Phi) is 3.30. The summed E-state index contributed by atoms with van der Waals surface area (Å²) in [5.41, 5.74) is 6.89. The van der Waals surface area contributed by atoms with Crippen molar-refractivity contribution in [2.24, 2.45) is 0 Å². The largest absolute Gasteiger partial charge is 0.495 e. The molecular formula is C11H11ClN4O. The molecule has 0 aliphatic heterocycles. The molecule has 0 bridgehead atoms. The van der Waals surface area contributed by atoms with Gasteiger partial charge in [0.25, 0.3) is 0 Å². The molecule has 3 N–H and O–H groups in total. The van der Waals surface area contributed by atoms with Gasteiger partial charge in [-0.15, -0.1) is 0 Å². The van der Waals surface area contributed by atoms with Crippen LogP contribution >= 0.6 is 11.6 Å². The van der Waals surface area contributed by atoms with Crippen molar-refractivity contribution < 1.29 is 4.74 Å². The summed E-state index contributed by atoms with van der Waals surface area (Å²) >= 11 is 5.92. The number of hydrogen-bond donors (Lipinski definition) is 2. The van der Waals surface area contributed by atoms with Gasteiger partial charge in [-0.1, -0.05) is 11.6 Å². The number of nitrogens with two attached hydrogens (primary N) is 1. The first kappa shape index (κ1) is 11.5. The van der Waals surface area contributed by atoms with Crippen LogP contribution in [-0.4, -0.2) is 17.1 Å². The molecule has 0 radical (unpaired) electrons. The fourth-order valence-electron chi connectivity index (χ4n) is 1.35. The number of anilines is 3. The third kappa shape index (κ3) is 2.57. The van der Waals surface area contributed by atoms with E-state index in [2.05, 4.69) is 15.3 Å². The minimum Gasteiger partial charge on any atom is -0.495 e. The standard InChI is InChI=1S/C11H11ClN4O/c1-17-10-3-2-7(12)4-9(10)16-11-8(13)5-14-6-15-11/h2-6H,13H2,1H3,(H,14,15,16). The number of nitrogens with one attached hydrogen (secondary N) is 1. The van der Waals surface area contributed by atoms with Crippen molar-refractivity contribution in [2.75, 3.05) is 18.2 Å². The van der Waals surface area contributed by atoms with Crippen molar-refractivity contribution in [3.8, 4) is 5.75 Å². The van der Waals surface area contributed by atoms with Gasteiger partial charge in [0.15, 0.2) is 5.82 Å². The number of nitrogens with zero attached hydrogens (tertiary/aromatic N) is 2. The van der Waals surface area contributed by atoms with E-state index < -0.39 is 0 Å². The zero-order valence-electron chi connectivity index (χ0n) is 9.14. The van der Waals surface area contributed by atoms with Crippen LogP contribution in [0.5, 0.6) is 5.75 Å². The summed E-state index contributed by atoms with van der Waals surface area (Å²) < 4.78 is 5.21. The van der Waals surface area contributed by atoms with Crippen LogP contribution in [0.25, 0.3) is 0 Å². The van der Waals surface area contributed by atoms with Gasteiger partial charge in [-0.3, -0.25) is 0 Å². The number of rotatable bonds is 3. The van der Waals surface area contributed by atoms with E-state index in [9.17, 15) is 0 Å². The highest BCUT2D eigenvalue weighted by Gasteiger charge is 2.06. The molecule has 0 saturated heterocycles. The molecule has 88 valence electrons. The van der Waals surface area contributed by atoms with E-state index in [0.717, 1.165) is 0 Å². The van der Waals surface area contributed by atoms with E-state index in [1.807, 2.05) is 0 Å². The lowest BCUT2D eigenvalue weighted by molar-refractivity contribution is 0.417. The first-order valence-corrected chi connectivity index (χ1v) is 5.24. The van der Waals surface area contributed by atoms with Crippen LogP contribution < -0.4 is 15.8 Å². The lowest BCUT2D eigenvalue weighted by Gasteiger charge is -2.11. The molecule has 0 saturated carbocycles. The lowest BCUT2D eigenvalue weighted by atomic mass is 10.3. The van der Waals surface area contributed by atoms with Crippen molar-refractivity contribution in [1.82, 2.24) is 9.97 Å². The third-order valence-corrected chi connectivity index (χ3v) is 2.39. The van der Waals surface area contributed by atoms with Gasteiger partial charge in [0.05, 0.1) is 24.7 Å². The molecule has 0 spiro atoms. The number of ether oxygens (including phenoxy) is 1. The van der Waals surface area contributed by atoms with E-state index in [4.69, 9.17) is 22.1 Å². The average Bonchev–Trinajstić information content (AvgIpc) is 2.32. The molecule has 0 atom stereocenters. The normalized spacial score (nSPS) is 10.0. The second-order valence-electron chi connectivity index (χ2n) is 3.30. The number of methoxy groups -OCH3 is 1. The van der Waals surface area contributed by atoms with Crippen molar-refractivity contribution in [2.45, 2.75) is 0 Å². The summed E-state index contributed by atoms with van der Waals surface area (Å²) in [5, 5.41) is 3.65. The van der Waals surface area contributed by atoms with Crippen LogP contribution in [0.1, 0.15) is 0 Å². The minimum atomic E-state index is 0.453. The third-order valence-electron chi connectivity index (χ3n) is 2.16. The van der Waals surface area contributed by atoms with Gasteiger partial charge in [0.2, 0.25) is 0 Å². The van der Waals surface area contributed by atoms with Crippen molar-refractivity contribution in [3.05, 3.63) is 35.7 Å². The Morgan fingerprint density at radius 2 is 2.24 bits per heavy atom. The van der Waals surface area contributed by atoms with Crippen LogP contribution in [0.15, 0.2) is 30.7 Å². The summed E-state index contributed by atoms with van der Waals surface area (Å²) in [7, 11) is 1.58. The van der Waals surface area contributed by atoms with Crippen molar-refractivity contribution in [3.63, 3.8) is 0 Å². The summed E-state index contributed by atoms with van der Waals surface area (Å²) in [6, 6.07) is 5.25. The Hall–Kier alpha value is -2.01. The molecule has 0 aliphatic carbocycles. The van der Waals surface area contributed by atoms with Crippen LogP contribution in [0.4, 0.5) is 17.2 Å². The number of hydrogen-bond acceptors (Lipinski definition) is 5. The van der Waals surface area contributed by atoms with Gasteiger partial charge in [0, 0.05) is 5.02 Å². The van der Waals surface area contributed by atoms with E-state index in [-0.39, 0.29) is 0 Å². The highest BCUT2D eigenvalue weighted by atomic mass is 35.5. The summed E-state index contributed by atoms with van der Waals surface area (Å²) in [4.78, 5) is 7.85. The molecule has 17 heavy (non-hydrogen) atoms. The molecular weight excluding hydrogens is 240 g/mol. The summed E-state index contributed by atoms with van der Waals surface area (Å²) in [6.45, 7) is 0. The summed E-state index contributed by atoms with van der Waals surface area (Å²) in [5.74, 6) is 1.17. The smallest absolute Gasteiger partial charge is 0.157 e. The van der Waals surface area contributed by atoms with Gasteiger partial charge >= 0.3 is 0 Å². The molecule has 0 aliphatic rings. The maximum Gasteiger partial charge on any atom is 0.157 e. The highest BCUT2D eigenvalue weighted by Crippen LogP contribution is 2.31. The van der Waals surface area contributed by atoms with Gasteiger partial charge < -0.3 is 15.8 Å². The van der Waals surface area contributed by atoms with E-state index >= 15 is 0 Å². The zero-order chi connectivity index (χ0) is 12.3. The van der Waals surface area contributed by atoms with E-state index in [0.29, 0.717) is 28.0 Å². The zero-order valence-corrected chi connectivity index (χ0v) is 9.90. The van der Waals surface area contributed by atoms with E-state index in [1.54, 1.807) is 25.3 Å². The fourth-order valence-corrected chi connectivity index (χ4v) is 1.52. The predicted octanol–water partition coefficient (Wildman–Crippen LogP) is 2.46. The molecule has 0 fully saturated rings. The average molecular weight is 251 g/mol. The number of nitrogen functional groups attached to an aromatic ring is 1. The number of benzene rings is 1. The van der Waals surface area contributed by atoms with Gasteiger partial charge in [-0.2, -0.15) is 0 Å². The van der Waals surface area contributed by atoms with Crippen molar-refractivity contribution in [1.29, 1.82) is 0 Å². The van der Waals surface area contributed by atoms with Gasteiger partial charge in [0.1, 0.15) is 12.1 Å². The molecule has 5 nitrogen and oxygen atoms in total. The summed E-state index contributed by atoms with van der Waals surface area (Å²) in [6.07, 6.45) is 2.93. The molecule has 6 heteroatoms. The molecule has 0 amide bonds. The molecule has 1 aromatic heterocycles. The number of halogens is 1. The van der Waals surface area contributed by atoms with Crippen LogP contribution in [0, 0.1) is 0 Å². The van der Waals surface area contributed by atoms with Crippen LogP contribution in [-0.2, 0) is 0 Å². The maximum absolute atomic E-state index is 5.92. The van der Waals surface area contributed by atoms with Crippen molar-refractivity contribution >= 4 is 28.8 Å². The fraction of sp³-hybridized carbons (Fsp3) is 0.0909. The molecule has 2 rings (SSSR count). The molecule has 0 unspecified atom stereocenters. The molecule has 1 heterocycles. The second-order valence-corrected chi connectivity index (χ2v) is 3.73. The Bertz CT molecular complexity index is 533. The second kappa shape index (κ2) is 4.88. The first-order valence-electron chi connectivity index (χ1n) is 4.86. The quantitative estimate of drug-likeness (QED) is 0.875. The Balaban J connectivity index is 2.35. The Labute approximate surface area is 104 Å². The number of aromatic nitrogens is 2. The van der Waals surface area contributed by atoms with Gasteiger partial charge in [-0.05, 0) is 18.2 Å². The Morgan fingerprint density at radius 1 is 1.41 bits per heavy atom. The van der Waals surface area contributed by atoms with E-state index in [1.165, 1.54) is 12.5 Å². The van der Waals surface area contributed by atoms with Crippen LogP contribution in [0.2, 0.25) is 5.02 Å². The molecule has 2 aromatic rings. The topological polar surface area (TPSA) is 73.1 Å². The minimum absolute atomic E-state index is 0.453. The first-order chi connectivity index (χ1) is 8.20. The van der Waals surface area contributed by atoms with Crippen LogP contribution in [0.3, 0.4) is 0 Å². The highest BCUT2D eigenvalue weighted by molar-refractivity contribution is 6.31. The predicted molar refractivity (Wildman–Crippen MR) is 67.7 cm³/mol. The monoisotopic (exact) mass is 250 g/mol. The Morgan fingerprint density at radius 3 is 2.94 bits per heavy atom. The maximum atomic E-state index is 5.92. The molecule has 1 aromatic carbocycles. The van der Waals surface area contributed by atoms with Gasteiger partial charge in [-0.25, -0.2) is 9.97 Å². The lowest BCUT2D eigenvalue weighted by Crippen LogP contribution is -2.01.